The first-order chi connectivity index (χ1) is 12.6. The van der Waals surface area contributed by atoms with Gasteiger partial charge >= 0.3 is 12.1 Å². The van der Waals surface area contributed by atoms with Gasteiger partial charge in [-0.3, -0.25) is 4.90 Å². The zero-order valence-electron chi connectivity index (χ0n) is 15.0. The monoisotopic (exact) mass is 393 g/mol. The highest BCUT2D eigenvalue weighted by molar-refractivity contribution is 5.73. The van der Waals surface area contributed by atoms with Gasteiger partial charge in [-0.1, -0.05) is 18.2 Å². The molecule has 2 saturated heterocycles. The topological polar surface area (TPSA) is 59.0 Å². The molecule has 0 aliphatic carbocycles. The first-order valence-corrected chi connectivity index (χ1v) is 8.66. The van der Waals surface area contributed by atoms with Crippen molar-refractivity contribution in [2.24, 2.45) is 0 Å². The highest BCUT2D eigenvalue weighted by Crippen LogP contribution is 2.36. The van der Waals surface area contributed by atoms with E-state index in [0.717, 1.165) is 44.7 Å². The van der Waals surface area contributed by atoms with E-state index in [1.807, 2.05) is 19.1 Å². The largest absolute Gasteiger partial charge is 0.490 e. The summed E-state index contributed by atoms with van der Waals surface area (Å²) in [5.74, 6) is -2.88. The number of benzene rings is 1. The Labute approximate surface area is 154 Å². The van der Waals surface area contributed by atoms with Gasteiger partial charge in [-0.15, -0.1) is 0 Å². The minimum absolute atomic E-state index is 0.0522. The molecule has 1 atom stereocenters. The van der Waals surface area contributed by atoms with Crippen molar-refractivity contribution < 1.29 is 36.9 Å². The maximum Gasteiger partial charge on any atom is 0.490 e. The molecule has 152 valence electrons. The molecule has 27 heavy (non-hydrogen) atoms. The van der Waals surface area contributed by atoms with E-state index in [1.54, 1.807) is 6.07 Å². The third-order valence-electron chi connectivity index (χ3n) is 4.47. The lowest BCUT2D eigenvalue weighted by Crippen LogP contribution is -2.65. The number of alkyl halides is 3. The Balaban J connectivity index is 0.000000321. The standard InChI is InChI=1S/C16H22FNO2.C2HF3O2/c1-2-19-14-7-8-20-16(9-14)11-18(12-16)10-13-5-3-4-6-15(13)17;3-2(4,5)1(6)7/h3-6,14H,2,7-12H2,1H3;(H,6,7). The molecule has 0 bridgehead atoms. The second kappa shape index (κ2) is 8.99. The van der Waals surface area contributed by atoms with Crippen LogP contribution in [0.3, 0.4) is 0 Å². The molecule has 0 radical (unpaired) electrons. The third-order valence-corrected chi connectivity index (χ3v) is 4.47. The second-order valence-electron chi connectivity index (χ2n) is 6.64. The summed E-state index contributed by atoms with van der Waals surface area (Å²) in [5.41, 5.74) is 0.711. The SMILES string of the molecule is CCOC1CCOC2(C1)CN(Cc1ccccc1F)C2.O=C(O)C(F)(F)F. The molecule has 2 fully saturated rings. The van der Waals surface area contributed by atoms with Gasteiger partial charge in [0.2, 0.25) is 0 Å². The van der Waals surface area contributed by atoms with E-state index in [9.17, 15) is 17.6 Å². The summed E-state index contributed by atoms with van der Waals surface area (Å²) in [7, 11) is 0. The Hall–Kier alpha value is -1.71. The van der Waals surface area contributed by atoms with Crippen LogP contribution in [0.2, 0.25) is 0 Å². The normalized spacial score (nSPS) is 21.9. The number of hydrogen-bond acceptors (Lipinski definition) is 4. The quantitative estimate of drug-likeness (QED) is 0.796. The third kappa shape index (κ3) is 6.15. The lowest BCUT2D eigenvalue weighted by molar-refractivity contribution is -0.198. The first kappa shape index (κ1) is 21.6. The minimum Gasteiger partial charge on any atom is -0.475 e. The van der Waals surface area contributed by atoms with Crippen LogP contribution in [-0.2, 0) is 20.8 Å². The zero-order chi connectivity index (χ0) is 20.1. The molecule has 1 aromatic carbocycles. The van der Waals surface area contributed by atoms with E-state index >= 15 is 0 Å². The molecule has 5 nitrogen and oxygen atoms in total. The molecule has 1 aromatic rings. The molecule has 2 heterocycles. The fourth-order valence-corrected chi connectivity index (χ4v) is 3.33. The Kier molecular flexibility index (Phi) is 7.19. The maximum absolute atomic E-state index is 13.6. The summed E-state index contributed by atoms with van der Waals surface area (Å²) in [5, 5.41) is 7.12. The predicted octanol–water partition coefficient (Wildman–Crippen LogP) is 3.23. The average molecular weight is 393 g/mol. The number of likely N-dealkylation sites (tertiary alicyclic amines) is 1. The first-order valence-electron chi connectivity index (χ1n) is 8.66. The number of carboxylic acids is 1. The van der Waals surface area contributed by atoms with Crippen LogP contribution in [0.4, 0.5) is 17.6 Å². The van der Waals surface area contributed by atoms with Crippen LogP contribution in [0.1, 0.15) is 25.3 Å². The second-order valence-corrected chi connectivity index (χ2v) is 6.64. The summed E-state index contributed by atoms with van der Waals surface area (Å²) in [4.78, 5) is 11.1. The van der Waals surface area contributed by atoms with Crippen molar-refractivity contribution in [2.75, 3.05) is 26.3 Å². The van der Waals surface area contributed by atoms with Crippen LogP contribution in [0.5, 0.6) is 0 Å². The van der Waals surface area contributed by atoms with Crippen molar-refractivity contribution in [1.29, 1.82) is 0 Å². The number of halogens is 4. The van der Waals surface area contributed by atoms with Crippen molar-refractivity contribution >= 4 is 5.97 Å². The van der Waals surface area contributed by atoms with E-state index < -0.39 is 12.1 Å². The molecule has 1 N–H and O–H groups in total. The lowest BCUT2D eigenvalue weighted by Gasteiger charge is -2.53. The Morgan fingerprint density at radius 2 is 2.00 bits per heavy atom. The van der Waals surface area contributed by atoms with Gasteiger partial charge in [0.05, 0.1) is 11.7 Å². The molecule has 0 amide bonds. The van der Waals surface area contributed by atoms with Crippen LogP contribution in [-0.4, -0.2) is 60.2 Å². The number of nitrogens with zero attached hydrogens (tertiary/aromatic N) is 1. The van der Waals surface area contributed by atoms with E-state index in [4.69, 9.17) is 19.4 Å². The zero-order valence-corrected chi connectivity index (χ0v) is 15.0. The highest BCUT2D eigenvalue weighted by atomic mass is 19.4. The molecular formula is C18H23F4NO4. The molecule has 2 aliphatic heterocycles. The molecule has 0 saturated carbocycles. The molecule has 2 aliphatic rings. The van der Waals surface area contributed by atoms with Gasteiger partial charge in [0, 0.05) is 44.8 Å². The molecule has 9 heteroatoms. The average Bonchev–Trinajstić information content (AvgIpc) is 2.56. The van der Waals surface area contributed by atoms with Crippen LogP contribution >= 0.6 is 0 Å². The summed E-state index contributed by atoms with van der Waals surface area (Å²) < 4.78 is 57.1. The van der Waals surface area contributed by atoms with Gasteiger partial charge in [-0.25, -0.2) is 9.18 Å². The number of carboxylic acid groups (broad SMARTS) is 1. The van der Waals surface area contributed by atoms with Crippen molar-refractivity contribution in [2.45, 2.75) is 44.2 Å². The lowest BCUT2D eigenvalue weighted by atomic mass is 9.84. The van der Waals surface area contributed by atoms with Gasteiger partial charge < -0.3 is 14.6 Å². The van der Waals surface area contributed by atoms with Gasteiger partial charge in [0.1, 0.15) is 5.82 Å². The number of hydrogen-bond donors (Lipinski definition) is 1. The van der Waals surface area contributed by atoms with E-state index in [2.05, 4.69) is 4.90 Å². The summed E-state index contributed by atoms with van der Waals surface area (Å²) >= 11 is 0. The van der Waals surface area contributed by atoms with E-state index in [1.165, 1.54) is 6.07 Å². The number of carbonyl (C=O) groups is 1. The van der Waals surface area contributed by atoms with Gasteiger partial charge in [0.15, 0.2) is 0 Å². The molecule has 1 unspecified atom stereocenters. The molecule has 3 rings (SSSR count). The number of rotatable bonds is 4. The highest BCUT2D eigenvalue weighted by Gasteiger charge is 2.47. The van der Waals surface area contributed by atoms with Crippen LogP contribution < -0.4 is 0 Å². The van der Waals surface area contributed by atoms with Gasteiger partial charge in [0.25, 0.3) is 0 Å². The Bertz CT molecular complexity index is 630. The summed E-state index contributed by atoms with van der Waals surface area (Å²) in [6.45, 7) is 6.00. The van der Waals surface area contributed by atoms with E-state index in [-0.39, 0.29) is 11.4 Å². The molecular weight excluding hydrogens is 370 g/mol. The van der Waals surface area contributed by atoms with Crippen LogP contribution in [0.25, 0.3) is 0 Å². The Morgan fingerprint density at radius 3 is 2.56 bits per heavy atom. The molecule has 0 aromatic heterocycles. The predicted molar refractivity (Wildman–Crippen MR) is 88.7 cm³/mol. The summed E-state index contributed by atoms with van der Waals surface area (Å²) in [6.07, 6.45) is -2.80. The minimum atomic E-state index is -5.08. The number of ether oxygens (including phenoxy) is 2. The van der Waals surface area contributed by atoms with Crippen molar-refractivity contribution in [3.8, 4) is 0 Å². The van der Waals surface area contributed by atoms with Gasteiger partial charge in [-0.05, 0) is 19.4 Å². The fraction of sp³-hybridized carbons (Fsp3) is 0.611. The van der Waals surface area contributed by atoms with Gasteiger partial charge in [-0.2, -0.15) is 13.2 Å². The van der Waals surface area contributed by atoms with Crippen LogP contribution in [0.15, 0.2) is 24.3 Å². The molecule has 1 spiro atoms. The smallest absolute Gasteiger partial charge is 0.475 e. The maximum atomic E-state index is 13.6. The van der Waals surface area contributed by atoms with Crippen molar-refractivity contribution in [3.05, 3.63) is 35.6 Å². The van der Waals surface area contributed by atoms with Crippen molar-refractivity contribution in [3.63, 3.8) is 0 Å². The van der Waals surface area contributed by atoms with Crippen molar-refractivity contribution in [1.82, 2.24) is 4.90 Å². The van der Waals surface area contributed by atoms with Crippen LogP contribution in [0, 0.1) is 5.82 Å². The van der Waals surface area contributed by atoms with E-state index in [0.29, 0.717) is 12.6 Å². The number of aliphatic carboxylic acids is 1. The Morgan fingerprint density at radius 1 is 1.37 bits per heavy atom. The summed E-state index contributed by atoms with van der Waals surface area (Å²) in [6, 6.07) is 6.99. The fourth-order valence-electron chi connectivity index (χ4n) is 3.33.